The van der Waals surface area contributed by atoms with Gasteiger partial charge in [0.05, 0.1) is 17.5 Å². The van der Waals surface area contributed by atoms with E-state index in [2.05, 4.69) is 20.8 Å². The molecule has 9 heteroatoms. The normalized spacial score (nSPS) is 12.1. The molecule has 0 bridgehead atoms. The summed E-state index contributed by atoms with van der Waals surface area (Å²) in [7, 11) is 0. The van der Waals surface area contributed by atoms with E-state index in [9.17, 15) is 4.79 Å². The molecule has 1 amide bonds. The SMILES string of the molecule is C[C@@H](NC(=O)CSc1nnnn1-c1cccc(Cl)c1)c1cccs1. The minimum Gasteiger partial charge on any atom is -0.348 e. The van der Waals surface area contributed by atoms with E-state index in [1.165, 1.54) is 11.8 Å². The van der Waals surface area contributed by atoms with E-state index in [0.717, 1.165) is 10.6 Å². The average Bonchev–Trinajstić information content (AvgIpc) is 3.24. The van der Waals surface area contributed by atoms with Crippen LogP contribution < -0.4 is 5.32 Å². The highest BCUT2D eigenvalue weighted by atomic mass is 35.5. The monoisotopic (exact) mass is 379 g/mol. The van der Waals surface area contributed by atoms with Crippen molar-refractivity contribution in [2.45, 2.75) is 18.1 Å². The lowest BCUT2D eigenvalue weighted by atomic mass is 10.3. The number of nitrogens with one attached hydrogen (secondary N) is 1. The summed E-state index contributed by atoms with van der Waals surface area (Å²) in [6, 6.07) is 11.2. The van der Waals surface area contributed by atoms with Gasteiger partial charge in [0.25, 0.3) is 0 Å². The number of thiophene rings is 1. The van der Waals surface area contributed by atoms with Gasteiger partial charge in [0.2, 0.25) is 11.1 Å². The molecule has 0 fully saturated rings. The Kier molecular flexibility index (Phi) is 5.49. The zero-order chi connectivity index (χ0) is 16.9. The molecule has 0 unspecified atom stereocenters. The van der Waals surface area contributed by atoms with Gasteiger partial charge in [0.15, 0.2) is 0 Å². The van der Waals surface area contributed by atoms with Crippen LogP contribution in [-0.4, -0.2) is 31.9 Å². The van der Waals surface area contributed by atoms with Crippen molar-refractivity contribution in [3.8, 4) is 5.69 Å². The molecule has 0 spiro atoms. The first kappa shape index (κ1) is 16.9. The number of thioether (sulfide) groups is 1. The maximum absolute atomic E-state index is 12.1. The molecule has 0 aliphatic rings. The Labute approximate surface area is 152 Å². The summed E-state index contributed by atoms with van der Waals surface area (Å²) in [5.41, 5.74) is 0.752. The van der Waals surface area contributed by atoms with Gasteiger partial charge in [0, 0.05) is 9.90 Å². The number of tetrazole rings is 1. The number of nitrogens with zero attached hydrogens (tertiary/aromatic N) is 4. The molecule has 124 valence electrons. The van der Waals surface area contributed by atoms with Gasteiger partial charge in [-0.2, -0.15) is 4.68 Å². The summed E-state index contributed by atoms with van der Waals surface area (Å²) < 4.78 is 1.56. The Balaban J connectivity index is 1.61. The number of aromatic nitrogens is 4. The minimum atomic E-state index is -0.0680. The van der Waals surface area contributed by atoms with Gasteiger partial charge in [-0.15, -0.1) is 16.4 Å². The first-order valence-electron chi connectivity index (χ1n) is 7.13. The molecule has 1 aromatic carbocycles. The summed E-state index contributed by atoms with van der Waals surface area (Å²) in [6.45, 7) is 1.96. The Morgan fingerprint density at radius 2 is 2.29 bits per heavy atom. The second kappa shape index (κ2) is 7.78. The van der Waals surface area contributed by atoms with Gasteiger partial charge < -0.3 is 5.32 Å². The number of rotatable bonds is 6. The van der Waals surface area contributed by atoms with Gasteiger partial charge in [-0.05, 0) is 47.0 Å². The van der Waals surface area contributed by atoms with Crippen molar-refractivity contribution >= 4 is 40.6 Å². The number of amides is 1. The summed E-state index contributed by atoms with van der Waals surface area (Å²) in [5.74, 6) is 0.165. The second-order valence-electron chi connectivity index (χ2n) is 4.95. The summed E-state index contributed by atoms with van der Waals surface area (Å²) in [6.07, 6.45) is 0. The Bertz CT molecular complexity index is 821. The highest BCUT2D eigenvalue weighted by Crippen LogP contribution is 2.21. The molecule has 3 aromatic rings. The number of hydrogen-bond acceptors (Lipinski definition) is 6. The van der Waals surface area contributed by atoms with Crippen LogP contribution in [0.1, 0.15) is 17.8 Å². The van der Waals surface area contributed by atoms with Crippen molar-refractivity contribution in [2.75, 3.05) is 5.75 Å². The van der Waals surface area contributed by atoms with Crippen molar-refractivity contribution in [2.24, 2.45) is 0 Å². The van der Waals surface area contributed by atoms with Crippen LogP contribution in [0.4, 0.5) is 0 Å². The molecule has 0 saturated carbocycles. The van der Waals surface area contributed by atoms with Gasteiger partial charge in [-0.1, -0.05) is 35.5 Å². The maximum Gasteiger partial charge on any atom is 0.230 e. The zero-order valence-corrected chi connectivity index (χ0v) is 15.1. The third-order valence-corrected chi connectivity index (χ3v) is 5.38. The molecule has 2 heterocycles. The highest BCUT2D eigenvalue weighted by Gasteiger charge is 2.14. The molecule has 3 rings (SSSR count). The fourth-order valence-corrected chi connectivity index (χ4v) is 3.68. The average molecular weight is 380 g/mol. The molecule has 0 saturated heterocycles. The third kappa shape index (κ3) is 4.14. The van der Waals surface area contributed by atoms with E-state index >= 15 is 0 Å². The standard InChI is InChI=1S/C15H14ClN5OS2/c1-10(13-6-3-7-23-13)17-14(22)9-24-15-18-19-20-21(15)12-5-2-4-11(16)8-12/h2-8,10H,9H2,1H3,(H,17,22)/t10-/m1/s1. The largest absolute Gasteiger partial charge is 0.348 e. The van der Waals surface area contributed by atoms with Crippen molar-refractivity contribution < 1.29 is 4.79 Å². The molecule has 0 aliphatic heterocycles. The number of hydrogen-bond donors (Lipinski definition) is 1. The third-order valence-electron chi connectivity index (χ3n) is 3.17. The summed E-state index contributed by atoms with van der Waals surface area (Å²) in [5, 5.41) is 17.7. The van der Waals surface area contributed by atoms with E-state index in [1.807, 2.05) is 36.6 Å². The molecular formula is C15H14ClN5OS2. The Morgan fingerprint density at radius 1 is 1.42 bits per heavy atom. The van der Waals surface area contributed by atoms with Crippen LogP contribution in [0.3, 0.4) is 0 Å². The van der Waals surface area contributed by atoms with E-state index in [-0.39, 0.29) is 17.7 Å². The van der Waals surface area contributed by atoms with Gasteiger partial charge >= 0.3 is 0 Å². The first-order valence-corrected chi connectivity index (χ1v) is 9.37. The molecule has 6 nitrogen and oxygen atoms in total. The predicted molar refractivity (Wildman–Crippen MR) is 95.8 cm³/mol. The lowest BCUT2D eigenvalue weighted by molar-refractivity contribution is -0.119. The molecular weight excluding hydrogens is 366 g/mol. The minimum absolute atomic E-state index is 0.0120. The van der Waals surface area contributed by atoms with Gasteiger partial charge in [-0.25, -0.2) is 0 Å². The van der Waals surface area contributed by atoms with E-state index in [1.54, 1.807) is 28.2 Å². The summed E-state index contributed by atoms with van der Waals surface area (Å²) in [4.78, 5) is 13.2. The molecule has 0 radical (unpaired) electrons. The first-order chi connectivity index (χ1) is 11.6. The maximum atomic E-state index is 12.1. The predicted octanol–water partition coefficient (Wildman–Crippen LogP) is 3.35. The molecule has 1 N–H and O–H groups in total. The zero-order valence-electron chi connectivity index (χ0n) is 12.7. The number of carbonyl (C=O) groups is 1. The fourth-order valence-electron chi connectivity index (χ4n) is 2.06. The smallest absolute Gasteiger partial charge is 0.230 e. The van der Waals surface area contributed by atoms with Crippen molar-refractivity contribution in [3.05, 3.63) is 51.7 Å². The summed E-state index contributed by atoms with van der Waals surface area (Å²) >= 11 is 8.89. The van der Waals surface area contributed by atoms with Gasteiger partial charge in [0.1, 0.15) is 0 Å². The van der Waals surface area contributed by atoms with Crippen LogP contribution in [0.2, 0.25) is 5.02 Å². The Hall–Kier alpha value is -1.90. The van der Waals surface area contributed by atoms with Gasteiger partial charge in [-0.3, -0.25) is 4.79 Å². The molecule has 24 heavy (non-hydrogen) atoms. The van der Waals surface area contributed by atoms with Crippen LogP contribution in [0.5, 0.6) is 0 Å². The number of halogens is 1. The highest BCUT2D eigenvalue weighted by molar-refractivity contribution is 7.99. The van der Waals surface area contributed by atoms with Crippen LogP contribution >= 0.6 is 34.7 Å². The second-order valence-corrected chi connectivity index (χ2v) is 7.30. The van der Waals surface area contributed by atoms with E-state index in [4.69, 9.17) is 11.6 Å². The Morgan fingerprint density at radius 3 is 3.04 bits per heavy atom. The van der Waals surface area contributed by atoms with Crippen molar-refractivity contribution in [1.82, 2.24) is 25.5 Å². The molecule has 2 aromatic heterocycles. The lowest BCUT2D eigenvalue weighted by Crippen LogP contribution is -2.27. The number of benzene rings is 1. The topological polar surface area (TPSA) is 72.7 Å². The quantitative estimate of drug-likeness (QED) is 0.665. The van der Waals surface area contributed by atoms with Crippen molar-refractivity contribution in [3.63, 3.8) is 0 Å². The van der Waals surface area contributed by atoms with E-state index in [0.29, 0.717) is 10.2 Å². The molecule has 1 atom stereocenters. The van der Waals surface area contributed by atoms with Crippen LogP contribution in [-0.2, 0) is 4.79 Å². The van der Waals surface area contributed by atoms with Crippen LogP contribution in [0.25, 0.3) is 5.69 Å². The fraction of sp³-hybridized carbons (Fsp3) is 0.200. The van der Waals surface area contributed by atoms with E-state index < -0.39 is 0 Å². The lowest BCUT2D eigenvalue weighted by Gasteiger charge is -2.11. The van der Waals surface area contributed by atoms with Crippen LogP contribution in [0, 0.1) is 0 Å². The van der Waals surface area contributed by atoms with Crippen molar-refractivity contribution in [1.29, 1.82) is 0 Å². The number of carbonyl (C=O) groups excluding carboxylic acids is 1. The van der Waals surface area contributed by atoms with Crippen LogP contribution in [0.15, 0.2) is 46.9 Å². The molecule has 0 aliphatic carbocycles.